The van der Waals surface area contributed by atoms with Crippen molar-refractivity contribution in [2.45, 2.75) is 18.2 Å². The van der Waals surface area contributed by atoms with Crippen molar-refractivity contribution in [1.82, 2.24) is 0 Å². The van der Waals surface area contributed by atoms with Crippen molar-refractivity contribution in [3.63, 3.8) is 0 Å². The predicted molar refractivity (Wildman–Crippen MR) is 60.4 cm³/mol. The number of nitrogens with zero attached hydrogens (tertiary/aromatic N) is 1. The minimum absolute atomic E-state index is 0. The number of benzene rings is 1. The molecule has 0 saturated heterocycles. The fraction of sp³-hybridized carbons (Fsp3) is 0.300. The van der Waals surface area contributed by atoms with Crippen LogP contribution in [0.5, 0.6) is 0 Å². The first-order valence-electron chi connectivity index (χ1n) is 4.70. The minimum atomic E-state index is -2.34. The third kappa shape index (κ3) is 2.92. The Balaban J connectivity index is 0.00000144. The molecule has 0 fully saturated rings. The molecule has 1 heterocycles. The van der Waals surface area contributed by atoms with E-state index in [1.165, 1.54) is 19.1 Å². The van der Waals surface area contributed by atoms with E-state index in [1.807, 2.05) is 0 Å². The molecule has 0 N–H and O–H groups in total. The Morgan fingerprint density at radius 3 is 2.71 bits per heavy atom. The van der Waals surface area contributed by atoms with E-state index in [4.69, 9.17) is 11.6 Å². The second-order valence-corrected chi connectivity index (χ2v) is 4.88. The van der Waals surface area contributed by atoms with Crippen LogP contribution in [0.3, 0.4) is 0 Å². The maximum absolute atomic E-state index is 11.3. The first-order chi connectivity index (χ1) is 7.50. The Bertz CT molecular complexity index is 495. The summed E-state index contributed by atoms with van der Waals surface area (Å²) < 4.78 is 21.7. The molecular weight excluding hydrogens is 273 g/mol. The summed E-state index contributed by atoms with van der Waals surface area (Å²) in [7, 11) is 0. The molecule has 1 unspecified atom stereocenters. The topological polar surface area (TPSA) is 60.4 Å². The Labute approximate surface area is 129 Å². The van der Waals surface area contributed by atoms with Gasteiger partial charge < -0.3 is 9.45 Å². The van der Waals surface area contributed by atoms with Crippen LogP contribution in [0, 0.1) is 0 Å². The number of carbonyl (C=O) groups excluding carboxylic acids is 1. The molecule has 1 aromatic rings. The van der Waals surface area contributed by atoms with Gasteiger partial charge in [0.05, 0.1) is 5.02 Å². The van der Waals surface area contributed by atoms with E-state index in [2.05, 4.69) is 0 Å². The van der Waals surface area contributed by atoms with Gasteiger partial charge in [0.2, 0.25) is 5.91 Å². The summed E-state index contributed by atoms with van der Waals surface area (Å²) in [4.78, 5) is 13.0. The van der Waals surface area contributed by atoms with E-state index in [0.29, 0.717) is 18.7 Å². The molecular formula is C10H9ClNNaO3S. The van der Waals surface area contributed by atoms with Gasteiger partial charge in [-0.15, -0.1) is 0 Å². The van der Waals surface area contributed by atoms with E-state index >= 15 is 0 Å². The summed E-state index contributed by atoms with van der Waals surface area (Å²) in [5, 5.41) is 0.153. The molecule has 17 heavy (non-hydrogen) atoms. The molecule has 1 aromatic carbocycles. The Morgan fingerprint density at radius 2 is 2.18 bits per heavy atom. The summed E-state index contributed by atoms with van der Waals surface area (Å²) in [6, 6.07) is 3.07. The molecule has 1 aliphatic rings. The quantitative estimate of drug-likeness (QED) is 0.465. The summed E-state index contributed by atoms with van der Waals surface area (Å²) in [6.07, 6.45) is 0.663. The van der Waals surface area contributed by atoms with Crippen LogP contribution in [0.15, 0.2) is 17.0 Å². The van der Waals surface area contributed by atoms with Crippen LogP contribution >= 0.6 is 11.6 Å². The molecule has 2 rings (SSSR count). The number of amides is 1. The SMILES string of the molecule is CC(=O)N1CCc2cc(S(=O)[O-])c(Cl)cc21.[Na+]. The Hall–Kier alpha value is 0.0900. The molecule has 86 valence electrons. The van der Waals surface area contributed by atoms with Crippen LogP contribution in [0.1, 0.15) is 12.5 Å². The maximum Gasteiger partial charge on any atom is 1.00 e. The van der Waals surface area contributed by atoms with Crippen molar-refractivity contribution in [3.05, 3.63) is 22.7 Å². The molecule has 0 saturated carbocycles. The average molecular weight is 282 g/mol. The van der Waals surface area contributed by atoms with Gasteiger partial charge in [-0.05, 0) is 35.2 Å². The molecule has 0 bridgehead atoms. The molecule has 1 atom stereocenters. The van der Waals surface area contributed by atoms with Crippen LogP contribution in [-0.4, -0.2) is 21.2 Å². The second kappa shape index (κ2) is 5.82. The van der Waals surface area contributed by atoms with Crippen molar-refractivity contribution >= 4 is 34.3 Å². The summed E-state index contributed by atoms with van der Waals surface area (Å²) in [5.41, 5.74) is 1.56. The third-order valence-electron chi connectivity index (χ3n) is 2.59. The van der Waals surface area contributed by atoms with Gasteiger partial charge in [-0.1, -0.05) is 11.6 Å². The number of carbonyl (C=O) groups is 1. The van der Waals surface area contributed by atoms with E-state index < -0.39 is 11.1 Å². The van der Waals surface area contributed by atoms with Crippen molar-refractivity contribution in [2.24, 2.45) is 0 Å². The Kier molecular flexibility index (Phi) is 5.19. The fourth-order valence-electron chi connectivity index (χ4n) is 1.84. The van der Waals surface area contributed by atoms with Crippen LogP contribution < -0.4 is 34.5 Å². The zero-order chi connectivity index (χ0) is 11.9. The number of anilines is 1. The minimum Gasteiger partial charge on any atom is -0.768 e. The molecule has 4 nitrogen and oxygen atoms in total. The summed E-state index contributed by atoms with van der Waals surface area (Å²) in [6.45, 7) is 2.05. The van der Waals surface area contributed by atoms with Gasteiger partial charge in [-0.2, -0.15) is 0 Å². The van der Waals surface area contributed by atoms with E-state index in [0.717, 1.165) is 5.56 Å². The van der Waals surface area contributed by atoms with Gasteiger partial charge in [0.25, 0.3) is 0 Å². The van der Waals surface area contributed by atoms with Gasteiger partial charge in [0, 0.05) is 24.1 Å². The molecule has 0 aromatic heterocycles. The molecule has 0 aliphatic carbocycles. The van der Waals surface area contributed by atoms with Crippen molar-refractivity contribution in [2.75, 3.05) is 11.4 Å². The number of rotatable bonds is 1. The van der Waals surface area contributed by atoms with Crippen LogP contribution in [0.4, 0.5) is 5.69 Å². The molecule has 0 radical (unpaired) electrons. The monoisotopic (exact) mass is 281 g/mol. The van der Waals surface area contributed by atoms with Crippen LogP contribution in [0.2, 0.25) is 5.02 Å². The van der Waals surface area contributed by atoms with Crippen molar-refractivity contribution in [1.29, 1.82) is 0 Å². The zero-order valence-corrected chi connectivity index (χ0v) is 13.1. The predicted octanol–water partition coefficient (Wildman–Crippen LogP) is -1.51. The van der Waals surface area contributed by atoms with Crippen molar-refractivity contribution in [3.8, 4) is 0 Å². The van der Waals surface area contributed by atoms with E-state index in [-0.39, 0.29) is 45.4 Å². The maximum atomic E-state index is 11.3. The van der Waals surface area contributed by atoms with Crippen LogP contribution in [-0.2, 0) is 22.3 Å². The number of fused-ring (bicyclic) bond motifs is 1. The van der Waals surface area contributed by atoms with E-state index in [1.54, 1.807) is 4.90 Å². The molecule has 1 aliphatic heterocycles. The number of hydrogen-bond donors (Lipinski definition) is 0. The van der Waals surface area contributed by atoms with Gasteiger partial charge in [-0.3, -0.25) is 9.00 Å². The van der Waals surface area contributed by atoms with Gasteiger partial charge in [0.15, 0.2) is 0 Å². The number of hydrogen-bond acceptors (Lipinski definition) is 3. The summed E-state index contributed by atoms with van der Waals surface area (Å²) >= 11 is 3.50. The van der Waals surface area contributed by atoms with Gasteiger partial charge in [0.1, 0.15) is 0 Å². The Morgan fingerprint density at radius 1 is 1.53 bits per heavy atom. The molecule has 1 amide bonds. The zero-order valence-electron chi connectivity index (χ0n) is 9.53. The first kappa shape index (κ1) is 15.1. The first-order valence-corrected chi connectivity index (χ1v) is 6.16. The van der Waals surface area contributed by atoms with E-state index in [9.17, 15) is 13.6 Å². The second-order valence-electron chi connectivity index (χ2n) is 3.57. The number of halogens is 1. The van der Waals surface area contributed by atoms with Gasteiger partial charge >= 0.3 is 29.6 Å². The third-order valence-corrected chi connectivity index (χ3v) is 3.71. The smallest absolute Gasteiger partial charge is 0.768 e. The fourth-order valence-corrected chi connectivity index (χ4v) is 2.65. The molecule has 7 heteroatoms. The van der Waals surface area contributed by atoms with Crippen LogP contribution in [0.25, 0.3) is 0 Å². The van der Waals surface area contributed by atoms with Crippen molar-refractivity contribution < 1.29 is 43.1 Å². The van der Waals surface area contributed by atoms with Gasteiger partial charge in [-0.25, -0.2) is 0 Å². The normalized spacial score (nSPS) is 15.1. The summed E-state index contributed by atoms with van der Waals surface area (Å²) in [5.74, 6) is -0.0641. The standard InChI is InChI=1S/C10H10ClNO3S.Na/c1-6(13)12-3-2-7-4-10(16(14)15)8(11)5-9(7)12;/h4-5H,2-3H2,1H3,(H,14,15);/q;+1/p-1. The largest absolute Gasteiger partial charge is 1.00 e. The molecule has 0 spiro atoms. The average Bonchev–Trinajstić information content (AvgIpc) is 2.58.